The molecule has 1 aliphatic rings. The Morgan fingerprint density at radius 3 is 2.72 bits per heavy atom. The number of halogens is 1. The summed E-state index contributed by atoms with van der Waals surface area (Å²) >= 11 is 6.06. The average molecular weight is 266 g/mol. The molecule has 1 saturated carbocycles. The zero-order valence-corrected chi connectivity index (χ0v) is 11.7. The van der Waals surface area contributed by atoms with Gasteiger partial charge in [0.25, 0.3) is 0 Å². The van der Waals surface area contributed by atoms with Crippen LogP contribution in [0.5, 0.6) is 0 Å². The van der Waals surface area contributed by atoms with Crippen molar-refractivity contribution in [1.82, 2.24) is 10.6 Å². The topological polar surface area (TPSA) is 36.4 Å². The summed E-state index contributed by atoms with van der Waals surface area (Å²) in [7, 11) is 1.80. The summed E-state index contributed by atoms with van der Waals surface area (Å²) in [6.45, 7) is 3.85. The summed E-state index contributed by atoms with van der Waals surface area (Å²) < 4.78 is 0. The highest BCUT2D eigenvalue weighted by atomic mass is 35.5. The van der Waals surface area contributed by atoms with Gasteiger partial charge in [-0.2, -0.15) is 0 Å². The molecule has 0 heterocycles. The van der Waals surface area contributed by atoms with Crippen LogP contribution in [0, 0.1) is 0 Å². The normalized spacial score (nSPS) is 17.4. The lowest BCUT2D eigenvalue weighted by Gasteiger charge is -2.18. The van der Waals surface area contributed by atoms with Crippen LogP contribution < -0.4 is 10.6 Å². The minimum absolute atomic E-state index is 0.246. The lowest BCUT2D eigenvalue weighted by Crippen LogP contribution is -2.41. The van der Waals surface area contributed by atoms with Crippen LogP contribution in [0.1, 0.15) is 25.3 Å². The van der Waals surface area contributed by atoms with Gasteiger partial charge in [0.15, 0.2) is 5.96 Å². The van der Waals surface area contributed by atoms with Crippen molar-refractivity contribution in [1.29, 1.82) is 0 Å². The van der Waals surface area contributed by atoms with Gasteiger partial charge in [-0.3, -0.25) is 4.99 Å². The standard InChI is InChI=1S/C14H20ClN3/c1-3-17-13(16-2)18-10-14(7-8-14)11-5-4-6-12(15)9-11/h4-6,9H,3,7-8,10H2,1-2H3,(H2,16,17,18). The zero-order chi connectivity index (χ0) is 13.0. The van der Waals surface area contributed by atoms with Gasteiger partial charge < -0.3 is 10.6 Å². The summed E-state index contributed by atoms with van der Waals surface area (Å²) in [5, 5.41) is 7.41. The molecule has 0 radical (unpaired) electrons. The van der Waals surface area contributed by atoms with Crippen molar-refractivity contribution in [2.75, 3.05) is 20.1 Å². The lowest BCUT2D eigenvalue weighted by molar-refractivity contribution is 0.648. The minimum atomic E-state index is 0.246. The van der Waals surface area contributed by atoms with Crippen LogP contribution in [0.3, 0.4) is 0 Å². The number of nitrogens with one attached hydrogen (secondary N) is 2. The fourth-order valence-corrected chi connectivity index (χ4v) is 2.37. The van der Waals surface area contributed by atoms with Gasteiger partial charge >= 0.3 is 0 Å². The molecule has 98 valence electrons. The van der Waals surface area contributed by atoms with Crippen LogP contribution in [0.25, 0.3) is 0 Å². The van der Waals surface area contributed by atoms with Crippen LogP contribution in [-0.4, -0.2) is 26.1 Å². The first kappa shape index (κ1) is 13.2. The highest BCUT2D eigenvalue weighted by Gasteiger charge is 2.44. The molecule has 2 N–H and O–H groups in total. The zero-order valence-electron chi connectivity index (χ0n) is 11.0. The Morgan fingerprint density at radius 1 is 1.39 bits per heavy atom. The number of nitrogens with zero attached hydrogens (tertiary/aromatic N) is 1. The SMILES string of the molecule is CCNC(=NC)NCC1(c2cccc(Cl)c2)CC1. The molecule has 1 aromatic rings. The first-order valence-corrected chi connectivity index (χ1v) is 6.78. The molecule has 0 amide bonds. The highest BCUT2D eigenvalue weighted by Crippen LogP contribution is 2.48. The summed E-state index contributed by atoms with van der Waals surface area (Å²) in [6, 6.07) is 8.19. The van der Waals surface area contributed by atoms with Gasteiger partial charge in [-0.15, -0.1) is 0 Å². The summed E-state index contributed by atoms with van der Waals surface area (Å²) in [6.07, 6.45) is 2.42. The maximum atomic E-state index is 6.06. The Bertz CT molecular complexity index is 438. The molecule has 3 nitrogen and oxygen atoms in total. The van der Waals surface area contributed by atoms with Crippen molar-refractivity contribution in [2.45, 2.75) is 25.2 Å². The van der Waals surface area contributed by atoms with E-state index in [-0.39, 0.29) is 5.41 Å². The number of benzene rings is 1. The van der Waals surface area contributed by atoms with Gasteiger partial charge in [-0.1, -0.05) is 23.7 Å². The van der Waals surface area contributed by atoms with E-state index < -0.39 is 0 Å². The maximum Gasteiger partial charge on any atom is 0.190 e. The molecule has 1 aromatic carbocycles. The maximum absolute atomic E-state index is 6.06. The van der Waals surface area contributed by atoms with Crippen molar-refractivity contribution in [3.8, 4) is 0 Å². The molecule has 18 heavy (non-hydrogen) atoms. The van der Waals surface area contributed by atoms with Gasteiger partial charge in [-0.05, 0) is 37.5 Å². The molecular weight excluding hydrogens is 246 g/mol. The third-order valence-electron chi connectivity index (χ3n) is 3.45. The van der Waals surface area contributed by atoms with Crippen molar-refractivity contribution >= 4 is 17.6 Å². The molecule has 0 unspecified atom stereocenters. The molecule has 1 fully saturated rings. The second-order valence-corrected chi connectivity index (χ2v) is 5.18. The van der Waals surface area contributed by atoms with Crippen LogP contribution in [0.2, 0.25) is 5.02 Å². The predicted molar refractivity (Wildman–Crippen MR) is 77.4 cm³/mol. The molecular formula is C14H20ClN3. The predicted octanol–water partition coefficient (Wildman–Crippen LogP) is 2.56. The molecule has 0 aromatic heterocycles. The summed E-state index contributed by atoms with van der Waals surface area (Å²) in [5.41, 5.74) is 1.57. The van der Waals surface area contributed by atoms with Crippen molar-refractivity contribution < 1.29 is 0 Å². The second-order valence-electron chi connectivity index (χ2n) is 4.75. The minimum Gasteiger partial charge on any atom is -0.357 e. The van der Waals surface area contributed by atoms with Crippen LogP contribution >= 0.6 is 11.6 Å². The van der Waals surface area contributed by atoms with Gasteiger partial charge in [0.05, 0.1) is 0 Å². The Labute approximate surface area is 114 Å². The molecule has 0 atom stereocenters. The van der Waals surface area contributed by atoms with E-state index in [1.165, 1.54) is 18.4 Å². The Hall–Kier alpha value is -1.22. The molecule has 1 aliphatic carbocycles. The van der Waals surface area contributed by atoms with Crippen molar-refractivity contribution in [2.24, 2.45) is 4.99 Å². The van der Waals surface area contributed by atoms with E-state index in [0.29, 0.717) is 0 Å². The molecule has 0 bridgehead atoms. The number of hydrogen-bond acceptors (Lipinski definition) is 1. The Balaban J connectivity index is 2.00. The molecule has 0 saturated heterocycles. The number of guanidine groups is 1. The van der Waals surface area contributed by atoms with E-state index in [2.05, 4.69) is 34.7 Å². The molecule has 0 aliphatic heterocycles. The van der Waals surface area contributed by atoms with E-state index >= 15 is 0 Å². The van der Waals surface area contributed by atoms with E-state index in [4.69, 9.17) is 11.6 Å². The Kier molecular flexibility index (Phi) is 4.12. The smallest absolute Gasteiger partial charge is 0.190 e. The monoisotopic (exact) mass is 265 g/mol. The fourth-order valence-electron chi connectivity index (χ4n) is 2.18. The van der Waals surface area contributed by atoms with E-state index in [9.17, 15) is 0 Å². The number of hydrogen-bond donors (Lipinski definition) is 2. The fraction of sp³-hybridized carbons (Fsp3) is 0.500. The molecule has 2 rings (SSSR count). The number of rotatable bonds is 4. The molecule has 4 heteroatoms. The first-order valence-electron chi connectivity index (χ1n) is 6.41. The van der Waals surface area contributed by atoms with Crippen LogP contribution in [0.15, 0.2) is 29.3 Å². The first-order chi connectivity index (χ1) is 8.70. The van der Waals surface area contributed by atoms with Crippen LogP contribution in [-0.2, 0) is 5.41 Å². The number of aliphatic imine (C=N–C) groups is 1. The van der Waals surface area contributed by atoms with Crippen molar-refractivity contribution in [3.63, 3.8) is 0 Å². The largest absolute Gasteiger partial charge is 0.357 e. The lowest BCUT2D eigenvalue weighted by atomic mass is 9.96. The van der Waals surface area contributed by atoms with E-state index in [1.807, 2.05) is 12.1 Å². The second kappa shape index (κ2) is 5.61. The van der Waals surface area contributed by atoms with Gasteiger partial charge in [0, 0.05) is 30.6 Å². The van der Waals surface area contributed by atoms with Gasteiger partial charge in [0.1, 0.15) is 0 Å². The van der Waals surface area contributed by atoms with Gasteiger partial charge in [-0.25, -0.2) is 0 Å². The third kappa shape index (κ3) is 2.96. The van der Waals surface area contributed by atoms with Crippen molar-refractivity contribution in [3.05, 3.63) is 34.9 Å². The van der Waals surface area contributed by atoms with Crippen LogP contribution in [0.4, 0.5) is 0 Å². The average Bonchev–Trinajstić information content (AvgIpc) is 3.16. The summed E-state index contributed by atoms with van der Waals surface area (Å²) in [4.78, 5) is 4.19. The molecule has 0 spiro atoms. The Morgan fingerprint density at radius 2 is 2.17 bits per heavy atom. The van der Waals surface area contributed by atoms with E-state index in [1.54, 1.807) is 7.05 Å². The quantitative estimate of drug-likeness (QED) is 0.648. The third-order valence-corrected chi connectivity index (χ3v) is 3.69. The highest BCUT2D eigenvalue weighted by molar-refractivity contribution is 6.30. The van der Waals surface area contributed by atoms with Gasteiger partial charge in [0.2, 0.25) is 0 Å². The summed E-state index contributed by atoms with van der Waals surface area (Å²) in [5.74, 6) is 0.866. The van der Waals surface area contributed by atoms with E-state index in [0.717, 1.165) is 24.1 Å².